The van der Waals surface area contributed by atoms with Crippen LogP contribution in [0.15, 0.2) is 18.2 Å². The monoisotopic (exact) mass is 221 g/mol. The summed E-state index contributed by atoms with van der Waals surface area (Å²) in [6.07, 6.45) is 2.61. The molecule has 1 aliphatic rings. The van der Waals surface area contributed by atoms with Crippen LogP contribution in [0.25, 0.3) is 0 Å². The average Bonchev–Trinajstić information content (AvgIpc) is 2.92. The van der Waals surface area contributed by atoms with E-state index in [2.05, 4.69) is 0 Å². The van der Waals surface area contributed by atoms with Gasteiger partial charge in [-0.3, -0.25) is 0 Å². The lowest BCUT2D eigenvalue weighted by Crippen LogP contribution is -2.22. The fourth-order valence-corrected chi connectivity index (χ4v) is 1.40. The lowest BCUT2D eigenvalue weighted by atomic mass is 10.2. The van der Waals surface area contributed by atoms with Crippen LogP contribution in [0, 0.1) is 0 Å². The first kappa shape index (κ1) is 11.1. The highest BCUT2D eigenvalue weighted by Crippen LogP contribution is 2.34. The second-order valence-electron chi connectivity index (χ2n) is 5.23. The van der Waals surface area contributed by atoms with Gasteiger partial charge in [0.2, 0.25) is 0 Å². The number of benzene rings is 1. The van der Waals surface area contributed by atoms with Crippen LogP contribution in [0.1, 0.15) is 33.6 Å². The number of rotatable bonds is 3. The van der Waals surface area contributed by atoms with Crippen molar-refractivity contribution in [1.82, 2.24) is 0 Å². The molecule has 2 rings (SSSR count). The zero-order chi connectivity index (χ0) is 11.8. The topological polar surface area (TPSA) is 44.5 Å². The average molecular weight is 221 g/mol. The molecular weight excluding hydrogens is 202 g/mol. The molecular formula is C13H19NO2. The van der Waals surface area contributed by atoms with Crippen molar-refractivity contribution in [1.29, 1.82) is 0 Å². The van der Waals surface area contributed by atoms with E-state index in [1.807, 2.05) is 39.0 Å². The Bertz CT molecular complexity index is 378. The molecule has 1 saturated carbocycles. The van der Waals surface area contributed by atoms with Crippen molar-refractivity contribution in [3.63, 3.8) is 0 Å². The Labute approximate surface area is 96.5 Å². The van der Waals surface area contributed by atoms with E-state index >= 15 is 0 Å². The standard InChI is InChI=1S/C13H19NO2/c1-13(2,3)16-10-6-7-11(14)12(8-10)15-9-4-5-9/h6-9H,4-5,14H2,1-3H3. The largest absolute Gasteiger partial charge is 0.488 e. The highest BCUT2D eigenvalue weighted by molar-refractivity contribution is 5.55. The van der Waals surface area contributed by atoms with Gasteiger partial charge < -0.3 is 15.2 Å². The van der Waals surface area contributed by atoms with E-state index in [4.69, 9.17) is 15.2 Å². The van der Waals surface area contributed by atoms with E-state index in [-0.39, 0.29) is 5.60 Å². The van der Waals surface area contributed by atoms with E-state index in [0.29, 0.717) is 11.8 Å². The number of nitrogen functional groups attached to an aromatic ring is 1. The van der Waals surface area contributed by atoms with Gasteiger partial charge in [-0.1, -0.05) is 0 Å². The van der Waals surface area contributed by atoms with Crippen LogP contribution in [0.2, 0.25) is 0 Å². The number of anilines is 1. The van der Waals surface area contributed by atoms with Crippen molar-refractivity contribution in [2.45, 2.75) is 45.3 Å². The Kier molecular flexibility index (Phi) is 2.70. The van der Waals surface area contributed by atoms with Gasteiger partial charge in [-0.05, 0) is 45.7 Å². The smallest absolute Gasteiger partial charge is 0.146 e. The number of hydrogen-bond donors (Lipinski definition) is 1. The molecule has 0 bridgehead atoms. The van der Waals surface area contributed by atoms with Crippen LogP contribution < -0.4 is 15.2 Å². The molecule has 0 aliphatic heterocycles. The summed E-state index contributed by atoms with van der Waals surface area (Å²) in [6, 6.07) is 5.58. The molecule has 3 nitrogen and oxygen atoms in total. The van der Waals surface area contributed by atoms with Crippen molar-refractivity contribution in [2.24, 2.45) is 0 Å². The third kappa shape index (κ3) is 3.05. The van der Waals surface area contributed by atoms with Crippen molar-refractivity contribution >= 4 is 5.69 Å². The van der Waals surface area contributed by atoms with Crippen LogP contribution in [-0.4, -0.2) is 11.7 Å². The van der Waals surface area contributed by atoms with Gasteiger partial charge in [0.05, 0.1) is 11.8 Å². The maximum absolute atomic E-state index is 5.85. The maximum Gasteiger partial charge on any atom is 0.146 e. The molecule has 0 atom stereocenters. The van der Waals surface area contributed by atoms with E-state index in [1.54, 1.807) is 0 Å². The Hall–Kier alpha value is -1.38. The first-order valence-corrected chi connectivity index (χ1v) is 5.69. The SMILES string of the molecule is CC(C)(C)Oc1ccc(N)c(OC2CC2)c1. The van der Waals surface area contributed by atoms with Crippen LogP contribution in [0.4, 0.5) is 5.69 Å². The first-order valence-electron chi connectivity index (χ1n) is 5.69. The summed E-state index contributed by atoms with van der Waals surface area (Å²) in [5.41, 5.74) is 6.32. The van der Waals surface area contributed by atoms with Gasteiger partial charge in [0.1, 0.15) is 17.1 Å². The molecule has 0 aromatic heterocycles. The quantitative estimate of drug-likeness (QED) is 0.798. The molecule has 16 heavy (non-hydrogen) atoms. The second kappa shape index (κ2) is 3.89. The number of ether oxygens (including phenoxy) is 2. The van der Waals surface area contributed by atoms with Gasteiger partial charge in [0.25, 0.3) is 0 Å². The zero-order valence-electron chi connectivity index (χ0n) is 10.1. The molecule has 2 N–H and O–H groups in total. The Morgan fingerprint density at radius 1 is 1.25 bits per heavy atom. The Morgan fingerprint density at radius 3 is 2.50 bits per heavy atom. The minimum absolute atomic E-state index is 0.201. The van der Waals surface area contributed by atoms with Crippen molar-refractivity contribution in [3.8, 4) is 11.5 Å². The van der Waals surface area contributed by atoms with Crippen LogP contribution in [0.5, 0.6) is 11.5 Å². The second-order valence-corrected chi connectivity index (χ2v) is 5.23. The molecule has 3 heteroatoms. The van der Waals surface area contributed by atoms with E-state index in [9.17, 15) is 0 Å². The van der Waals surface area contributed by atoms with Crippen LogP contribution in [-0.2, 0) is 0 Å². The predicted octanol–water partition coefficient (Wildman–Crippen LogP) is 2.99. The van der Waals surface area contributed by atoms with Gasteiger partial charge >= 0.3 is 0 Å². The Balaban J connectivity index is 2.14. The fraction of sp³-hybridized carbons (Fsp3) is 0.538. The summed E-state index contributed by atoms with van der Waals surface area (Å²) < 4.78 is 11.5. The van der Waals surface area contributed by atoms with Gasteiger partial charge in [-0.2, -0.15) is 0 Å². The van der Waals surface area contributed by atoms with Crippen LogP contribution >= 0.6 is 0 Å². The van der Waals surface area contributed by atoms with Crippen molar-refractivity contribution in [2.75, 3.05) is 5.73 Å². The van der Waals surface area contributed by atoms with E-state index < -0.39 is 0 Å². The normalized spacial score (nSPS) is 15.9. The molecule has 1 fully saturated rings. The predicted molar refractivity (Wildman–Crippen MR) is 64.9 cm³/mol. The third-order valence-corrected chi connectivity index (χ3v) is 2.23. The molecule has 0 unspecified atom stereocenters. The maximum atomic E-state index is 5.85. The molecule has 88 valence electrons. The summed E-state index contributed by atoms with van der Waals surface area (Å²) in [5, 5.41) is 0. The lowest BCUT2D eigenvalue weighted by Gasteiger charge is -2.22. The molecule has 1 aromatic rings. The minimum atomic E-state index is -0.201. The minimum Gasteiger partial charge on any atom is -0.488 e. The van der Waals surface area contributed by atoms with E-state index in [1.165, 1.54) is 0 Å². The van der Waals surface area contributed by atoms with E-state index in [0.717, 1.165) is 24.3 Å². The molecule has 1 aliphatic carbocycles. The fourth-order valence-electron chi connectivity index (χ4n) is 1.40. The molecule has 0 spiro atoms. The lowest BCUT2D eigenvalue weighted by molar-refractivity contribution is 0.130. The molecule has 0 radical (unpaired) electrons. The summed E-state index contributed by atoms with van der Waals surface area (Å²) in [6.45, 7) is 6.06. The Morgan fingerprint density at radius 2 is 1.94 bits per heavy atom. The summed E-state index contributed by atoms with van der Waals surface area (Å²) in [4.78, 5) is 0. The van der Waals surface area contributed by atoms with Crippen molar-refractivity contribution < 1.29 is 9.47 Å². The van der Waals surface area contributed by atoms with Gasteiger partial charge in [0, 0.05) is 6.07 Å². The number of hydrogen-bond acceptors (Lipinski definition) is 3. The van der Waals surface area contributed by atoms with Crippen molar-refractivity contribution in [3.05, 3.63) is 18.2 Å². The molecule has 1 aromatic carbocycles. The molecule has 0 heterocycles. The highest BCUT2D eigenvalue weighted by atomic mass is 16.5. The third-order valence-electron chi connectivity index (χ3n) is 2.23. The van der Waals surface area contributed by atoms with Crippen LogP contribution in [0.3, 0.4) is 0 Å². The number of nitrogens with two attached hydrogens (primary N) is 1. The van der Waals surface area contributed by atoms with Gasteiger partial charge in [-0.15, -0.1) is 0 Å². The summed E-state index contributed by atoms with van der Waals surface area (Å²) in [5.74, 6) is 1.54. The molecule has 0 amide bonds. The first-order chi connectivity index (χ1) is 7.44. The zero-order valence-corrected chi connectivity index (χ0v) is 10.1. The highest BCUT2D eigenvalue weighted by Gasteiger charge is 2.24. The summed E-state index contributed by atoms with van der Waals surface area (Å²) in [7, 11) is 0. The van der Waals surface area contributed by atoms with Gasteiger partial charge in [0.15, 0.2) is 0 Å². The van der Waals surface area contributed by atoms with Gasteiger partial charge in [-0.25, -0.2) is 0 Å². The summed E-state index contributed by atoms with van der Waals surface area (Å²) >= 11 is 0. The molecule has 0 saturated heterocycles.